The van der Waals surface area contributed by atoms with Crippen molar-refractivity contribution in [3.63, 3.8) is 0 Å². The molecule has 1 N–H and O–H groups in total. The van der Waals surface area contributed by atoms with E-state index in [1.807, 2.05) is 7.05 Å². The first kappa shape index (κ1) is 16.5. The second-order valence-electron chi connectivity index (χ2n) is 7.36. The van der Waals surface area contributed by atoms with E-state index in [2.05, 4.69) is 69.4 Å². The Labute approximate surface area is 139 Å². The van der Waals surface area contributed by atoms with Crippen molar-refractivity contribution in [3.8, 4) is 0 Å². The molecule has 0 aromatic heterocycles. The minimum atomic E-state index is -0.315. The van der Waals surface area contributed by atoms with Crippen LogP contribution in [-0.4, -0.2) is 31.9 Å². The van der Waals surface area contributed by atoms with Gasteiger partial charge in [-0.3, -0.25) is 0 Å². The topological polar surface area (TPSA) is 30.5 Å². The highest BCUT2D eigenvalue weighted by molar-refractivity contribution is 6.56. The number of hydrogen-bond donors (Lipinski definition) is 1. The normalized spacial score (nSPS) is 21.8. The quantitative estimate of drug-likeness (QED) is 0.864. The molecule has 3 nitrogen and oxygen atoms in total. The number of fused-ring (bicyclic) bond motifs is 1. The van der Waals surface area contributed by atoms with Crippen LogP contribution in [0.15, 0.2) is 29.7 Å². The average molecular weight is 311 g/mol. The third-order valence-electron chi connectivity index (χ3n) is 5.15. The number of nitrogens with one attached hydrogen (secondary N) is 1. The van der Waals surface area contributed by atoms with Crippen LogP contribution < -0.4 is 5.32 Å². The molecule has 1 aliphatic heterocycles. The predicted octanol–water partition coefficient (Wildman–Crippen LogP) is 3.49. The minimum Gasteiger partial charge on any atom is -0.400 e. The van der Waals surface area contributed by atoms with Crippen LogP contribution in [0.4, 0.5) is 0 Å². The molecule has 4 heteroatoms. The van der Waals surface area contributed by atoms with Crippen LogP contribution in [0.3, 0.4) is 0 Å². The second-order valence-corrected chi connectivity index (χ2v) is 7.36. The van der Waals surface area contributed by atoms with Gasteiger partial charge in [-0.2, -0.15) is 0 Å². The monoisotopic (exact) mass is 311 g/mol. The van der Waals surface area contributed by atoms with Crippen LogP contribution in [0.25, 0.3) is 12.2 Å². The third kappa shape index (κ3) is 3.03. The molecule has 1 aromatic carbocycles. The Morgan fingerprint density at radius 2 is 1.91 bits per heavy atom. The van der Waals surface area contributed by atoms with Gasteiger partial charge < -0.3 is 14.6 Å². The smallest absolute Gasteiger partial charge is 0.400 e. The molecule has 122 valence electrons. The summed E-state index contributed by atoms with van der Waals surface area (Å²) in [5.74, 6) is 0. The fourth-order valence-electron chi connectivity index (χ4n) is 3.05. The lowest BCUT2D eigenvalue weighted by atomic mass is 9.76. The summed E-state index contributed by atoms with van der Waals surface area (Å²) in [7, 11) is 1.65. The van der Waals surface area contributed by atoms with Crippen molar-refractivity contribution in [3.05, 3.63) is 46.4 Å². The summed E-state index contributed by atoms with van der Waals surface area (Å²) in [6, 6.07) is 6.46. The lowest BCUT2D eigenvalue weighted by Gasteiger charge is -2.32. The molecule has 1 aliphatic carbocycles. The first-order chi connectivity index (χ1) is 10.8. The van der Waals surface area contributed by atoms with Gasteiger partial charge in [0.1, 0.15) is 0 Å². The van der Waals surface area contributed by atoms with Gasteiger partial charge in [-0.1, -0.05) is 36.4 Å². The summed E-state index contributed by atoms with van der Waals surface area (Å²) in [4.78, 5) is 0. The van der Waals surface area contributed by atoms with E-state index >= 15 is 0 Å². The molecule has 1 heterocycles. The van der Waals surface area contributed by atoms with Gasteiger partial charge in [0.2, 0.25) is 0 Å². The molecule has 0 unspecified atom stereocenters. The minimum absolute atomic E-state index is 0.308. The van der Waals surface area contributed by atoms with E-state index < -0.39 is 0 Å². The predicted molar refractivity (Wildman–Crippen MR) is 97.2 cm³/mol. The molecule has 0 spiro atoms. The van der Waals surface area contributed by atoms with E-state index in [4.69, 9.17) is 9.31 Å². The molecule has 1 saturated heterocycles. The molecule has 0 atom stereocenters. The Kier molecular flexibility index (Phi) is 4.26. The summed E-state index contributed by atoms with van der Waals surface area (Å²) in [5.41, 5.74) is 4.46. The molecular formula is C19H26BNO2. The molecule has 0 amide bonds. The SMILES string of the molecule is CNCC(=Cc1cccc2c1CC=C2)B1OC(C)(C)C(C)(C)O1. The Bertz CT molecular complexity index is 645. The molecule has 0 saturated carbocycles. The third-order valence-corrected chi connectivity index (χ3v) is 5.15. The van der Waals surface area contributed by atoms with Gasteiger partial charge in [0.05, 0.1) is 11.2 Å². The van der Waals surface area contributed by atoms with Crippen molar-refractivity contribution in [2.24, 2.45) is 0 Å². The maximum Gasteiger partial charge on any atom is 0.491 e. The fourth-order valence-corrected chi connectivity index (χ4v) is 3.05. The van der Waals surface area contributed by atoms with Gasteiger partial charge in [-0.05, 0) is 63.3 Å². The van der Waals surface area contributed by atoms with Crippen molar-refractivity contribution in [2.45, 2.75) is 45.3 Å². The largest absolute Gasteiger partial charge is 0.491 e. The zero-order valence-corrected chi connectivity index (χ0v) is 14.8. The van der Waals surface area contributed by atoms with Crippen LogP contribution in [0.2, 0.25) is 0 Å². The van der Waals surface area contributed by atoms with Crippen LogP contribution >= 0.6 is 0 Å². The summed E-state index contributed by atoms with van der Waals surface area (Å²) >= 11 is 0. The van der Waals surface area contributed by atoms with Crippen LogP contribution in [0, 0.1) is 0 Å². The van der Waals surface area contributed by atoms with Gasteiger partial charge >= 0.3 is 7.12 Å². The lowest BCUT2D eigenvalue weighted by molar-refractivity contribution is 0.00578. The lowest BCUT2D eigenvalue weighted by Crippen LogP contribution is -2.41. The fraction of sp³-hybridized carbons (Fsp3) is 0.474. The Morgan fingerprint density at radius 1 is 1.22 bits per heavy atom. The maximum atomic E-state index is 6.22. The molecule has 1 fully saturated rings. The number of likely N-dealkylation sites (N-methyl/N-ethyl adjacent to an activating group) is 1. The molecule has 3 rings (SSSR count). The van der Waals surface area contributed by atoms with Crippen molar-refractivity contribution < 1.29 is 9.31 Å². The highest BCUT2D eigenvalue weighted by Gasteiger charge is 2.52. The zero-order valence-electron chi connectivity index (χ0n) is 14.8. The second kappa shape index (κ2) is 5.93. The van der Waals surface area contributed by atoms with Gasteiger partial charge in [-0.15, -0.1) is 0 Å². The molecule has 1 aromatic rings. The first-order valence-electron chi connectivity index (χ1n) is 8.33. The Hall–Kier alpha value is -1.36. The summed E-state index contributed by atoms with van der Waals surface area (Å²) in [6.07, 6.45) is 7.64. The highest BCUT2D eigenvalue weighted by atomic mass is 16.7. The zero-order chi connectivity index (χ0) is 16.7. The summed E-state index contributed by atoms with van der Waals surface area (Å²) in [5, 5.41) is 3.24. The van der Waals surface area contributed by atoms with E-state index in [-0.39, 0.29) is 18.3 Å². The van der Waals surface area contributed by atoms with E-state index in [9.17, 15) is 0 Å². The number of benzene rings is 1. The van der Waals surface area contributed by atoms with Crippen LogP contribution in [-0.2, 0) is 15.7 Å². The van der Waals surface area contributed by atoms with Crippen molar-refractivity contribution in [2.75, 3.05) is 13.6 Å². The number of allylic oxidation sites excluding steroid dienone is 1. The van der Waals surface area contributed by atoms with Gasteiger partial charge in [0, 0.05) is 6.54 Å². The Morgan fingerprint density at radius 3 is 2.57 bits per heavy atom. The maximum absolute atomic E-state index is 6.22. The van der Waals surface area contributed by atoms with Gasteiger partial charge in [0.25, 0.3) is 0 Å². The molecule has 2 aliphatic rings. The highest BCUT2D eigenvalue weighted by Crippen LogP contribution is 2.39. The Balaban J connectivity index is 1.93. The van der Waals surface area contributed by atoms with Crippen molar-refractivity contribution in [1.29, 1.82) is 0 Å². The molecule has 23 heavy (non-hydrogen) atoms. The number of rotatable bonds is 4. The van der Waals surface area contributed by atoms with Crippen LogP contribution in [0.1, 0.15) is 44.4 Å². The summed E-state index contributed by atoms with van der Waals surface area (Å²) in [6.45, 7) is 9.11. The molecular weight excluding hydrogens is 285 g/mol. The molecule has 0 radical (unpaired) electrons. The summed E-state index contributed by atoms with van der Waals surface area (Å²) < 4.78 is 12.4. The van der Waals surface area contributed by atoms with E-state index in [1.54, 1.807) is 0 Å². The standard InChI is InChI=1S/C19H26BNO2/c1-18(2)19(3,4)23-20(22-18)16(13-21-5)12-15-10-6-8-14-9-7-11-17(14)15/h6-10,12,21H,11,13H2,1-5H3. The molecule has 0 bridgehead atoms. The number of hydrogen-bond acceptors (Lipinski definition) is 3. The van der Waals surface area contributed by atoms with Crippen molar-refractivity contribution >= 4 is 19.3 Å². The van der Waals surface area contributed by atoms with E-state index in [0.29, 0.717) is 0 Å². The van der Waals surface area contributed by atoms with Gasteiger partial charge in [-0.25, -0.2) is 0 Å². The van der Waals surface area contributed by atoms with Gasteiger partial charge in [0.15, 0.2) is 0 Å². The van der Waals surface area contributed by atoms with Crippen LogP contribution in [0.5, 0.6) is 0 Å². The van der Waals surface area contributed by atoms with E-state index in [1.165, 1.54) is 16.7 Å². The van der Waals surface area contributed by atoms with Crippen molar-refractivity contribution in [1.82, 2.24) is 5.32 Å². The van der Waals surface area contributed by atoms with E-state index in [0.717, 1.165) is 18.4 Å². The first-order valence-corrected chi connectivity index (χ1v) is 8.33. The average Bonchev–Trinajstić information content (AvgIpc) is 3.02.